The van der Waals surface area contributed by atoms with Gasteiger partial charge in [0.1, 0.15) is 5.82 Å². The molecule has 0 fully saturated rings. The van der Waals surface area contributed by atoms with Gasteiger partial charge in [-0.15, -0.1) is 0 Å². The Hall–Kier alpha value is -0.650. The zero-order valence-electron chi connectivity index (χ0n) is 7.97. The van der Waals surface area contributed by atoms with Crippen LogP contribution in [0.5, 0.6) is 0 Å². The minimum absolute atomic E-state index is 0.0570. The second-order valence-corrected chi connectivity index (χ2v) is 4.31. The van der Waals surface area contributed by atoms with E-state index in [-0.39, 0.29) is 17.8 Å². The van der Waals surface area contributed by atoms with Gasteiger partial charge in [-0.25, -0.2) is 4.39 Å². The lowest BCUT2D eigenvalue weighted by Crippen LogP contribution is -2.30. The molecule has 0 bridgehead atoms. The van der Waals surface area contributed by atoms with Gasteiger partial charge in [0.2, 0.25) is 0 Å². The molecule has 0 radical (unpaired) electrons. The van der Waals surface area contributed by atoms with Crippen molar-refractivity contribution in [1.29, 1.82) is 0 Å². The van der Waals surface area contributed by atoms with Crippen molar-refractivity contribution < 1.29 is 9.18 Å². The normalized spacial score (nSPS) is 10.4. The number of rotatable bonds is 2. The van der Waals surface area contributed by atoms with Gasteiger partial charge in [-0.3, -0.25) is 4.79 Å². The highest BCUT2D eigenvalue weighted by Crippen LogP contribution is 2.15. The molecule has 2 nitrogen and oxygen atoms in total. The predicted octanol–water partition coefficient (Wildman–Crippen LogP) is 2.57. The molecule has 1 rings (SSSR count). The summed E-state index contributed by atoms with van der Waals surface area (Å²) >= 11 is 1.83. The predicted molar refractivity (Wildman–Crippen MR) is 61.7 cm³/mol. The molecule has 4 heteroatoms. The third-order valence-electron chi connectivity index (χ3n) is 1.62. The van der Waals surface area contributed by atoms with Gasteiger partial charge in [-0.2, -0.15) is 0 Å². The summed E-state index contributed by atoms with van der Waals surface area (Å²) in [6.07, 6.45) is 0. The average Bonchev–Trinajstić information content (AvgIpc) is 2.08. The Balaban J connectivity index is 2.96. The Labute approximate surface area is 96.0 Å². The Bertz CT molecular complexity index is 352. The third kappa shape index (κ3) is 2.67. The molecule has 1 N–H and O–H groups in total. The molecule has 0 aliphatic rings. The minimum atomic E-state index is -0.359. The summed E-state index contributed by atoms with van der Waals surface area (Å²) in [5.41, 5.74) is 0.388. The Morgan fingerprint density at radius 2 is 2.14 bits per heavy atom. The van der Waals surface area contributed by atoms with Crippen LogP contribution in [0.3, 0.4) is 0 Å². The first-order chi connectivity index (χ1) is 6.52. The number of carbonyl (C=O) groups is 1. The minimum Gasteiger partial charge on any atom is -0.350 e. The highest BCUT2D eigenvalue weighted by Gasteiger charge is 2.12. The average molecular weight is 307 g/mol. The van der Waals surface area contributed by atoms with Crippen molar-refractivity contribution in [3.63, 3.8) is 0 Å². The molecule has 0 spiro atoms. The Morgan fingerprint density at radius 1 is 1.50 bits per heavy atom. The lowest BCUT2D eigenvalue weighted by molar-refractivity contribution is 0.0941. The monoisotopic (exact) mass is 307 g/mol. The van der Waals surface area contributed by atoms with E-state index < -0.39 is 0 Å². The largest absolute Gasteiger partial charge is 0.350 e. The summed E-state index contributed by atoms with van der Waals surface area (Å²) in [5.74, 6) is -0.592. The van der Waals surface area contributed by atoms with Gasteiger partial charge in [-0.1, -0.05) is 6.07 Å². The summed E-state index contributed by atoms with van der Waals surface area (Å²) in [7, 11) is 0. The molecule has 14 heavy (non-hydrogen) atoms. The van der Waals surface area contributed by atoms with E-state index in [0.717, 1.165) is 0 Å². The molecule has 0 heterocycles. The van der Waals surface area contributed by atoms with Crippen LogP contribution < -0.4 is 5.32 Å². The van der Waals surface area contributed by atoms with Crippen molar-refractivity contribution in [3.8, 4) is 0 Å². The number of hydrogen-bond donors (Lipinski definition) is 1. The summed E-state index contributed by atoms with van der Waals surface area (Å²) in [6.45, 7) is 3.73. The van der Waals surface area contributed by atoms with Gasteiger partial charge >= 0.3 is 0 Å². The van der Waals surface area contributed by atoms with Crippen molar-refractivity contribution in [1.82, 2.24) is 5.32 Å². The van der Waals surface area contributed by atoms with Crippen LogP contribution in [0.25, 0.3) is 0 Å². The number of halogens is 2. The van der Waals surface area contributed by atoms with E-state index >= 15 is 0 Å². The van der Waals surface area contributed by atoms with Gasteiger partial charge in [-0.05, 0) is 48.6 Å². The van der Waals surface area contributed by atoms with Crippen molar-refractivity contribution in [2.75, 3.05) is 0 Å². The summed E-state index contributed by atoms with van der Waals surface area (Å²) in [5, 5.41) is 2.72. The van der Waals surface area contributed by atoms with E-state index in [2.05, 4.69) is 5.32 Å². The molecule has 0 saturated heterocycles. The zero-order chi connectivity index (χ0) is 10.7. The second kappa shape index (κ2) is 4.72. The summed E-state index contributed by atoms with van der Waals surface area (Å²) < 4.78 is 13.5. The van der Waals surface area contributed by atoms with Crippen molar-refractivity contribution in [3.05, 3.63) is 33.1 Å². The van der Waals surface area contributed by atoms with Crippen LogP contribution >= 0.6 is 22.6 Å². The highest BCUT2D eigenvalue weighted by atomic mass is 127. The molecule has 0 aliphatic heterocycles. The number of benzene rings is 1. The number of amides is 1. The zero-order valence-corrected chi connectivity index (χ0v) is 10.1. The fourth-order valence-electron chi connectivity index (χ4n) is 1.02. The molecule has 0 unspecified atom stereocenters. The van der Waals surface area contributed by atoms with Gasteiger partial charge in [0.15, 0.2) is 0 Å². The molecule has 76 valence electrons. The van der Waals surface area contributed by atoms with E-state index in [1.165, 1.54) is 12.1 Å². The fraction of sp³-hybridized carbons (Fsp3) is 0.300. The second-order valence-electron chi connectivity index (χ2n) is 3.23. The summed E-state index contributed by atoms with van der Waals surface area (Å²) in [6, 6.07) is 4.55. The number of carbonyl (C=O) groups excluding carboxylic acids is 1. The molecule has 1 aromatic carbocycles. The van der Waals surface area contributed by atoms with Crippen LogP contribution in [-0.2, 0) is 0 Å². The van der Waals surface area contributed by atoms with Crippen molar-refractivity contribution in [2.45, 2.75) is 19.9 Å². The molecule has 1 amide bonds. The molecular weight excluding hydrogens is 296 g/mol. The molecule has 0 aromatic heterocycles. The van der Waals surface area contributed by atoms with Gasteiger partial charge < -0.3 is 5.32 Å². The molecule has 1 aromatic rings. The standard InChI is InChI=1S/C10H11FINO/c1-6(2)13-10(14)7-4-3-5-8(11)9(7)12/h3-6H,1-2H3,(H,13,14). The first-order valence-electron chi connectivity index (χ1n) is 4.27. The smallest absolute Gasteiger partial charge is 0.252 e. The maximum absolute atomic E-state index is 13.1. The first-order valence-corrected chi connectivity index (χ1v) is 5.35. The molecular formula is C10H11FINO. The number of nitrogens with one attached hydrogen (secondary N) is 1. The lowest BCUT2D eigenvalue weighted by Gasteiger charge is -2.09. The molecule has 0 saturated carbocycles. The maximum Gasteiger partial charge on any atom is 0.252 e. The van der Waals surface area contributed by atoms with E-state index in [1.54, 1.807) is 6.07 Å². The van der Waals surface area contributed by atoms with Crippen molar-refractivity contribution >= 4 is 28.5 Å². The third-order valence-corrected chi connectivity index (χ3v) is 2.71. The van der Waals surface area contributed by atoms with Crippen LogP contribution in [0.4, 0.5) is 4.39 Å². The molecule has 0 aliphatic carbocycles. The van der Waals surface area contributed by atoms with Crippen LogP contribution in [0.15, 0.2) is 18.2 Å². The van der Waals surface area contributed by atoms with Gasteiger partial charge in [0.05, 0.1) is 9.13 Å². The van der Waals surface area contributed by atoms with Crippen LogP contribution in [0.2, 0.25) is 0 Å². The van der Waals surface area contributed by atoms with Gasteiger partial charge in [0, 0.05) is 6.04 Å². The SMILES string of the molecule is CC(C)NC(=O)c1cccc(F)c1I. The lowest BCUT2D eigenvalue weighted by atomic mass is 10.2. The number of hydrogen-bond acceptors (Lipinski definition) is 1. The topological polar surface area (TPSA) is 29.1 Å². The Kier molecular flexibility index (Phi) is 3.86. The van der Waals surface area contributed by atoms with Crippen molar-refractivity contribution in [2.24, 2.45) is 0 Å². The maximum atomic E-state index is 13.1. The van der Waals surface area contributed by atoms with E-state index in [9.17, 15) is 9.18 Å². The van der Waals surface area contributed by atoms with Crippen LogP contribution in [0, 0.1) is 9.39 Å². The molecule has 0 atom stereocenters. The van der Waals surface area contributed by atoms with Gasteiger partial charge in [0.25, 0.3) is 5.91 Å². The first kappa shape index (κ1) is 11.4. The quantitative estimate of drug-likeness (QED) is 0.836. The fourth-order valence-corrected chi connectivity index (χ4v) is 1.62. The van der Waals surface area contributed by atoms with Crippen LogP contribution in [-0.4, -0.2) is 11.9 Å². The van der Waals surface area contributed by atoms with E-state index in [1.807, 2.05) is 36.4 Å². The van der Waals surface area contributed by atoms with E-state index in [4.69, 9.17) is 0 Å². The van der Waals surface area contributed by atoms with Crippen LogP contribution in [0.1, 0.15) is 24.2 Å². The van der Waals surface area contributed by atoms with E-state index in [0.29, 0.717) is 9.13 Å². The summed E-state index contributed by atoms with van der Waals surface area (Å²) in [4.78, 5) is 11.5. The Morgan fingerprint density at radius 3 is 2.71 bits per heavy atom. The highest BCUT2D eigenvalue weighted by molar-refractivity contribution is 14.1.